The number of carbonyl (C=O) groups excluding carboxylic acids is 1. The fourth-order valence-corrected chi connectivity index (χ4v) is 1.76. The van der Waals surface area contributed by atoms with Crippen LogP contribution < -0.4 is 11.1 Å². The van der Waals surface area contributed by atoms with Crippen LogP contribution >= 0.6 is 0 Å². The van der Waals surface area contributed by atoms with E-state index >= 15 is 0 Å². The summed E-state index contributed by atoms with van der Waals surface area (Å²) in [6.07, 6.45) is 4.32. The molecule has 1 aromatic carbocycles. The van der Waals surface area contributed by atoms with Crippen LogP contribution in [-0.4, -0.2) is 17.4 Å². The predicted octanol–water partition coefficient (Wildman–Crippen LogP) is 1.51. The van der Waals surface area contributed by atoms with Crippen LogP contribution in [-0.2, 0) is 13.0 Å². The summed E-state index contributed by atoms with van der Waals surface area (Å²) in [5.41, 5.74) is 8.30. The van der Waals surface area contributed by atoms with E-state index in [2.05, 4.69) is 10.3 Å². The van der Waals surface area contributed by atoms with Gasteiger partial charge < -0.3 is 11.1 Å². The summed E-state index contributed by atoms with van der Waals surface area (Å²) in [5, 5.41) is 2.89. The van der Waals surface area contributed by atoms with E-state index in [1.165, 1.54) is 0 Å². The highest BCUT2D eigenvalue weighted by Crippen LogP contribution is 2.03. The van der Waals surface area contributed by atoms with Gasteiger partial charge in [-0.25, -0.2) is 0 Å². The third-order valence-corrected chi connectivity index (χ3v) is 2.87. The summed E-state index contributed by atoms with van der Waals surface area (Å²) in [6, 6.07) is 11.2. The van der Waals surface area contributed by atoms with Crippen LogP contribution in [0.4, 0.5) is 0 Å². The number of carbonyl (C=O) groups is 1. The third-order valence-electron chi connectivity index (χ3n) is 2.87. The molecule has 1 aromatic heterocycles. The number of hydrogen-bond donors (Lipinski definition) is 2. The minimum Gasteiger partial charge on any atom is -0.352 e. The summed E-state index contributed by atoms with van der Waals surface area (Å²) in [7, 11) is 0. The zero-order valence-electron chi connectivity index (χ0n) is 10.7. The van der Waals surface area contributed by atoms with Gasteiger partial charge in [0.1, 0.15) is 0 Å². The SMILES string of the molecule is NCc1ccc(C(=O)NCCc2cccnc2)cc1. The van der Waals surface area contributed by atoms with E-state index in [-0.39, 0.29) is 5.91 Å². The molecule has 1 amide bonds. The summed E-state index contributed by atoms with van der Waals surface area (Å²) in [6.45, 7) is 1.09. The van der Waals surface area contributed by atoms with Crippen molar-refractivity contribution in [3.05, 3.63) is 65.5 Å². The van der Waals surface area contributed by atoms with Crippen LogP contribution in [0.5, 0.6) is 0 Å². The van der Waals surface area contributed by atoms with Crippen molar-refractivity contribution in [2.24, 2.45) is 5.73 Å². The molecule has 2 aromatic rings. The Bertz CT molecular complexity index is 523. The fourth-order valence-electron chi connectivity index (χ4n) is 1.76. The Kier molecular flexibility index (Phi) is 4.64. The number of pyridine rings is 1. The molecule has 0 radical (unpaired) electrons. The highest BCUT2D eigenvalue weighted by molar-refractivity contribution is 5.94. The first-order valence-corrected chi connectivity index (χ1v) is 6.25. The Morgan fingerprint density at radius 1 is 1.16 bits per heavy atom. The van der Waals surface area contributed by atoms with Crippen molar-refractivity contribution < 1.29 is 4.79 Å². The standard InChI is InChI=1S/C15H17N3O/c16-10-12-3-5-14(6-4-12)15(19)18-9-7-13-2-1-8-17-11-13/h1-6,8,11H,7,9-10,16H2,(H,18,19). The van der Waals surface area contributed by atoms with E-state index in [9.17, 15) is 4.79 Å². The maximum atomic E-state index is 11.9. The molecule has 0 bridgehead atoms. The second-order valence-corrected chi connectivity index (χ2v) is 4.27. The van der Waals surface area contributed by atoms with Crippen LogP contribution in [0.3, 0.4) is 0 Å². The number of rotatable bonds is 5. The Balaban J connectivity index is 1.84. The molecule has 0 spiro atoms. The molecule has 1 heterocycles. The Hall–Kier alpha value is -2.20. The van der Waals surface area contributed by atoms with Gasteiger partial charge in [0.05, 0.1) is 0 Å². The third kappa shape index (κ3) is 3.89. The highest BCUT2D eigenvalue weighted by atomic mass is 16.1. The fraction of sp³-hybridized carbons (Fsp3) is 0.200. The largest absolute Gasteiger partial charge is 0.352 e. The molecule has 0 saturated heterocycles. The van der Waals surface area contributed by atoms with Gasteiger partial charge in [-0.2, -0.15) is 0 Å². The molecule has 2 rings (SSSR count). The normalized spacial score (nSPS) is 10.2. The number of nitrogens with two attached hydrogens (primary N) is 1. The first-order chi connectivity index (χ1) is 9.29. The topological polar surface area (TPSA) is 68.0 Å². The zero-order chi connectivity index (χ0) is 13.5. The molecule has 98 valence electrons. The summed E-state index contributed by atoms with van der Waals surface area (Å²) >= 11 is 0. The van der Waals surface area contributed by atoms with Gasteiger partial charge in [-0.15, -0.1) is 0 Å². The van der Waals surface area contributed by atoms with Crippen LogP contribution in [0.1, 0.15) is 21.5 Å². The number of benzene rings is 1. The van der Waals surface area contributed by atoms with Gasteiger partial charge in [0.25, 0.3) is 5.91 Å². The number of hydrogen-bond acceptors (Lipinski definition) is 3. The van der Waals surface area contributed by atoms with Crippen molar-refractivity contribution in [2.45, 2.75) is 13.0 Å². The summed E-state index contributed by atoms with van der Waals surface area (Å²) < 4.78 is 0. The monoisotopic (exact) mass is 255 g/mol. The van der Waals surface area contributed by atoms with Gasteiger partial charge in [-0.05, 0) is 35.7 Å². The van der Waals surface area contributed by atoms with Crippen molar-refractivity contribution in [3.8, 4) is 0 Å². The van der Waals surface area contributed by atoms with Crippen molar-refractivity contribution in [3.63, 3.8) is 0 Å². The molecule has 0 saturated carbocycles. The van der Waals surface area contributed by atoms with Gasteiger partial charge in [0.2, 0.25) is 0 Å². The van der Waals surface area contributed by atoms with Crippen LogP contribution in [0.2, 0.25) is 0 Å². The number of nitrogens with one attached hydrogen (secondary N) is 1. The van der Waals surface area contributed by atoms with E-state index in [1.54, 1.807) is 18.3 Å². The van der Waals surface area contributed by atoms with Crippen molar-refractivity contribution in [1.82, 2.24) is 10.3 Å². The van der Waals surface area contributed by atoms with Gasteiger partial charge in [-0.1, -0.05) is 18.2 Å². The van der Waals surface area contributed by atoms with Crippen molar-refractivity contribution in [1.29, 1.82) is 0 Å². The molecule has 4 heteroatoms. The Morgan fingerprint density at radius 3 is 2.58 bits per heavy atom. The lowest BCUT2D eigenvalue weighted by atomic mass is 10.1. The summed E-state index contributed by atoms with van der Waals surface area (Å²) in [4.78, 5) is 15.9. The lowest BCUT2D eigenvalue weighted by Gasteiger charge is -2.05. The number of nitrogens with zero attached hydrogens (tertiary/aromatic N) is 1. The molecule has 19 heavy (non-hydrogen) atoms. The van der Waals surface area contributed by atoms with Gasteiger partial charge in [0.15, 0.2) is 0 Å². The molecular formula is C15H17N3O. The van der Waals surface area contributed by atoms with Gasteiger partial charge in [0, 0.05) is 31.0 Å². The van der Waals surface area contributed by atoms with E-state index in [0.29, 0.717) is 18.7 Å². The average Bonchev–Trinajstić information content (AvgIpc) is 2.48. The molecule has 0 atom stereocenters. The Labute approximate surface area is 112 Å². The minimum atomic E-state index is -0.0625. The maximum Gasteiger partial charge on any atom is 0.251 e. The van der Waals surface area contributed by atoms with Crippen LogP contribution in [0.15, 0.2) is 48.8 Å². The molecule has 3 N–H and O–H groups in total. The Morgan fingerprint density at radius 2 is 1.95 bits per heavy atom. The van der Waals surface area contributed by atoms with Crippen LogP contribution in [0.25, 0.3) is 0 Å². The van der Waals surface area contributed by atoms with Gasteiger partial charge in [-0.3, -0.25) is 9.78 Å². The van der Waals surface area contributed by atoms with E-state index in [1.807, 2.05) is 30.5 Å². The smallest absolute Gasteiger partial charge is 0.251 e. The molecule has 0 fully saturated rings. The molecule has 0 aliphatic rings. The second-order valence-electron chi connectivity index (χ2n) is 4.27. The highest BCUT2D eigenvalue weighted by Gasteiger charge is 2.04. The summed E-state index contributed by atoms with van der Waals surface area (Å²) in [5.74, 6) is -0.0625. The first kappa shape index (κ1) is 13.2. The van der Waals surface area contributed by atoms with E-state index in [0.717, 1.165) is 17.5 Å². The van der Waals surface area contributed by atoms with Crippen LogP contribution in [0, 0.1) is 0 Å². The second kappa shape index (κ2) is 6.66. The van der Waals surface area contributed by atoms with Crippen molar-refractivity contribution >= 4 is 5.91 Å². The lowest BCUT2D eigenvalue weighted by molar-refractivity contribution is 0.0954. The average molecular weight is 255 g/mol. The molecule has 0 aliphatic heterocycles. The number of amides is 1. The molecule has 0 unspecified atom stereocenters. The molecular weight excluding hydrogens is 238 g/mol. The minimum absolute atomic E-state index is 0.0625. The maximum absolute atomic E-state index is 11.9. The molecule has 0 aliphatic carbocycles. The molecule has 4 nitrogen and oxygen atoms in total. The lowest BCUT2D eigenvalue weighted by Crippen LogP contribution is -2.25. The van der Waals surface area contributed by atoms with Gasteiger partial charge >= 0.3 is 0 Å². The zero-order valence-corrected chi connectivity index (χ0v) is 10.7. The van der Waals surface area contributed by atoms with E-state index < -0.39 is 0 Å². The predicted molar refractivity (Wildman–Crippen MR) is 74.6 cm³/mol. The van der Waals surface area contributed by atoms with Crippen molar-refractivity contribution in [2.75, 3.05) is 6.54 Å². The quantitative estimate of drug-likeness (QED) is 0.851. The van der Waals surface area contributed by atoms with E-state index in [4.69, 9.17) is 5.73 Å². The number of aromatic nitrogens is 1. The first-order valence-electron chi connectivity index (χ1n) is 6.25.